The molecule has 0 saturated heterocycles. The number of hydrogen-bond donors (Lipinski definition) is 0. The van der Waals surface area contributed by atoms with Gasteiger partial charge in [-0.05, 0) is 48.9 Å². The van der Waals surface area contributed by atoms with Crippen molar-refractivity contribution in [2.75, 3.05) is 6.16 Å². The highest BCUT2D eigenvalue weighted by Crippen LogP contribution is 2.32. The summed E-state index contributed by atoms with van der Waals surface area (Å²) in [4.78, 5) is 13.2. The van der Waals surface area contributed by atoms with Crippen LogP contribution in [0.4, 0.5) is 0 Å². The van der Waals surface area contributed by atoms with E-state index in [2.05, 4.69) is 27.7 Å². The van der Waals surface area contributed by atoms with E-state index in [9.17, 15) is 9.36 Å². The molecule has 138 valence electrons. The lowest BCUT2D eigenvalue weighted by Gasteiger charge is -2.20. The third-order valence-electron chi connectivity index (χ3n) is 4.56. The van der Waals surface area contributed by atoms with Crippen molar-refractivity contribution in [1.82, 2.24) is 0 Å². The first-order valence-electron chi connectivity index (χ1n) is 9.25. The third-order valence-corrected chi connectivity index (χ3v) is 6.45. The summed E-state index contributed by atoms with van der Waals surface area (Å²) in [5, 5.41) is 0.691. The molecule has 0 aromatic heterocycles. The molecule has 0 saturated carbocycles. The standard InChI is InChI=1S/C23H30O2P/c1-16(14-23(4,5)6)15-26(25)20-13-8-7-12-19(20)22(24)21-17(2)10-9-11-18(21)3/h7-13,16H,14-15H2,1-6H3/q+1. The number of ketones is 1. The molecule has 3 heteroatoms. The summed E-state index contributed by atoms with van der Waals surface area (Å²) >= 11 is 0. The Kier molecular flexibility index (Phi) is 6.53. The molecule has 2 unspecified atom stereocenters. The Morgan fingerprint density at radius 3 is 2.15 bits per heavy atom. The Balaban J connectivity index is 2.33. The van der Waals surface area contributed by atoms with Crippen LogP contribution in [0, 0.1) is 25.2 Å². The number of hydrogen-bond acceptors (Lipinski definition) is 2. The van der Waals surface area contributed by atoms with Gasteiger partial charge in [-0.25, -0.2) is 0 Å². The van der Waals surface area contributed by atoms with Gasteiger partial charge in [0, 0.05) is 11.5 Å². The smallest absolute Gasteiger partial charge is 0.288 e. The fourth-order valence-corrected chi connectivity index (χ4v) is 5.27. The van der Waals surface area contributed by atoms with Crippen LogP contribution in [-0.2, 0) is 4.57 Å². The van der Waals surface area contributed by atoms with Gasteiger partial charge in [0.15, 0.2) is 11.9 Å². The van der Waals surface area contributed by atoms with Crippen LogP contribution in [0.5, 0.6) is 0 Å². The lowest BCUT2D eigenvalue weighted by atomic mass is 9.86. The first-order chi connectivity index (χ1) is 12.1. The summed E-state index contributed by atoms with van der Waals surface area (Å²) in [6.45, 7) is 12.7. The van der Waals surface area contributed by atoms with Crippen molar-refractivity contribution in [3.05, 3.63) is 64.7 Å². The van der Waals surface area contributed by atoms with Gasteiger partial charge < -0.3 is 0 Å². The molecule has 0 spiro atoms. The highest BCUT2D eigenvalue weighted by molar-refractivity contribution is 7.53. The summed E-state index contributed by atoms with van der Waals surface area (Å²) in [5.41, 5.74) is 3.44. The molecular formula is C23H30O2P+. The van der Waals surface area contributed by atoms with Gasteiger partial charge in [-0.15, -0.1) is 0 Å². The fraction of sp³-hybridized carbons (Fsp3) is 0.435. The molecule has 0 aliphatic heterocycles. The normalized spacial score (nSPS) is 13.4. The number of benzene rings is 2. The molecular weight excluding hydrogens is 339 g/mol. The summed E-state index contributed by atoms with van der Waals surface area (Å²) in [5.74, 6) is 0.324. The fourth-order valence-electron chi connectivity index (χ4n) is 3.68. The van der Waals surface area contributed by atoms with E-state index >= 15 is 0 Å². The number of rotatable bonds is 6. The summed E-state index contributed by atoms with van der Waals surface area (Å²) in [6, 6.07) is 13.3. The largest absolute Gasteiger partial charge is 0.377 e. The van der Waals surface area contributed by atoms with E-state index < -0.39 is 7.80 Å². The molecule has 2 aromatic rings. The Labute approximate surface area is 158 Å². The van der Waals surface area contributed by atoms with E-state index in [0.717, 1.165) is 23.1 Å². The SMILES string of the molecule is Cc1cccc(C)c1C(=O)c1ccccc1[P+](=O)CC(C)CC(C)(C)C. The van der Waals surface area contributed by atoms with Crippen LogP contribution in [0.25, 0.3) is 0 Å². The minimum absolute atomic E-state index is 0.0250. The molecule has 2 rings (SSSR count). The number of carbonyl (C=O) groups is 1. The van der Waals surface area contributed by atoms with Crippen molar-refractivity contribution in [2.24, 2.45) is 11.3 Å². The lowest BCUT2D eigenvalue weighted by Crippen LogP contribution is -2.18. The van der Waals surface area contributed by atoms with E-state index in [1.807, 2.05) is 56.3 Å². The number of carbonyl (C=O) groups excluding carboxylic acids is 1. The van der Waals surface area contributed by atoms with Gasteiger partial charge in [0.25, 0.3) is 0 Å². The van der Waals surface area contributed by atoms with Gasteiger partial charge in [-0.3, -0.25) is 4.79 Å². The zero-order valence-electron chi connectivity index (χ0n) is 16.8. The molecule has 0 fully saturated rings. The Morgan fingerprint density at radius 1 is 1.00 bits per heavy atom. The minimum Gasteiger partial charge on any atom is -0.288 e. The second-order valence-electron chi connectivity index (χ2n) is 8.54. The zero-order chi connectivity index (χ0) is 19.5. The molecule has 0 N–H and O–H groups in total. The molecule has 0 aliphatic rings. The first kappa shape index (κ1) is 20.5. The van der Waals surface area contributed by atoms with Crippen molar-refractivity contribution in [1.29, 1.82) is 0 Å². The molecule has 0 heterocycles. The quantitative estimate of drug-likeness (QED) is 0.458. The average molecular weight is 369 g/mol. The second-order valence-corrected chi connectivity index (χ2v) is 10.1. The van der Waals surface area contributed by atoms with Crippen LogP contribution in [0.3, 0.4) is 0 Å². The summed E-state index contributed by atoms with van der Waals surface area (Å²) in [6.07, 6.45) is 1.63. The van der Waals surface area contributed by atoms with E-state index in [-0.39, 0.29) is 11.2 Å². The predicted octanol–water partition coefficient (Wildman–Crippen LogP) is 6.06. The Morgan fingerprint density at radius 2 is 1.58 bits per heavy atom. The minimum atomic E-state index is -1.60. The zero-order valence-corrected chi connectivity index (χ0v) is 17.7. The van der Waals surface area contributed by atoms with Gasteiger partial charge in [0.2, 0.25) is 5.30 Å². The third kappa shape index (κ3) is 5.11. The molecule has 0 aliphatic carbocycles. The maximum atomic E-state index is 13.2. The van der Waals surface area contributed by atoms with Crippen LogP contribution in [0.1, 0.15) is 61.2 Å². The van der Waals surface area contributed by atoms with Crippen molar-refractivity contribution in [2.45, 2.75) is 48.0 Å². The van der Waals surface area contributed by atoms with E-state index in [4.69, 9.17) is 0 Å². The summed E-state index contributed by atoms with van der Waals surface area (Å²) in [7, 11) is -1.60. The van der Waals surface area contributed by atoms with Gasteiger partial charge in [0.1, 0.15) is 0 Å². The van der Waals surface area contributed by atoms with E-state index in [1.165, 1.54) is 0 Å². The second kappa shape index (κ2) is 8.27. The maximum Gasteiger partial charge on any atom is 0.377 e. The van der Waals surface area contributed by atoms with Gasteiger partial charge in [0.05, 0.1) is 5.56 Å². The number of aryl methyl sites for hydroxylation is 2. The van der Waals surface area contributed by atoms with Crippen molar-refractivity contribution in [3.8, 4) is 0 Å². The maximum absolute atomic E-state index is 13.2. The Hall–Kier alpha value is -1.79. The predicted molar refractivity (Wildman–Crippen MR) is 111 cm³/mol. The first-order valence-corrected chi connectivity index (χ1v) is 10.7. The summed E-state index contributed by atoms with van der Waals surface area (Å²) < 4.78 is 13.1. The topological polar surface area (TPSA) is 34.1 Å². The van der Waals surface area contributed by atoms with Crippen molar-refractivity contribution < 1.29 is 9.36 Å². The van der Waals surface area contributed by atoms with Gasteiger partial charge in [-0.2, -0.15) is 0 Å². The van der Waals surface area contributed by atoms with E-state index in [0.29, 0.717) is 22.9 Å². The van der Waals surface area contributed by atoms with Gasteiger partial charge in [-0.1, -0.05) is 62.6 Å². The Bertz CT molecular complexity index is 795. The molecule has 2 nitrogen and oxygen atoms in total. The molecule has 2 atom stereocenters. The molecule has 0 radical (unpaired) electrons. The lowest BCUT2D eigenvalue weighted by molar-refractivity contribution is 0.103. The highest BCUT2D eigenvalue weighted by atomic mass is 31.1. The molecule has 0 amide bonds. The van der Waals surface area contributed by atoms with Gasteiger partial charge >= 0.3 is 7.80 Å². The van der Waals surface area contributed by atoms with Crippen LogP contribution in [0.15, 0.2) is 42.5 Å². The van der Waals surface area contributed by atoms with Crippen LogP contribution < -0.4 is 5.30 Å². The van der Waals surface area contributed by atoms with Crippen LogP contribution in [0.2, 0.25) is 0 Å². The van der Waals surface area contributed by atoms with Crippen molar-refractivity contribution in [3.63, 3.8) is 0 Å². The van der Waals surface area contributed by atoms with Crippen LogP contribution in [-0.4, -0.2) is 11.9 Å². The van der Waals surface area contributed by atoms with E-state index in [1.54, 1.807) is 0 Å². The molecule has 26 heavy (non-hydrogen) atoms. The van der Waals surface area contributed by atoms with Crippen LogP contribution >= 0.6 is 7.80 Å². The monoisotopic (exact) mass is 369 g/mol. The molecule has 0 bridgehead atoms. The van der Waals surface area contributed by atoms with Crippen molar-refractivity contribution >= 4 is 18.9 Å². The molecule has 2 aromatic carbocycles. The average Bonchev–Trinajstić information content (AvgIpc) is 2.52. The highest BCUT2D eigenvalue weighted by Gasteiger charge is 2.31.